The Balaban J connectivity index is 1.58. The van der Waals surface area contributed by atoms with Gasteiger partial charge in [-0.25, -0.2) is 4.99 Å². The van der Waals surface area contributed by atoms with E-state index >= 15 is 0 Å². The van der Waals surface area contributed by atoms with Gasteiger partial charge in [0.05, 0.1) is 22.5 Å². The molecular formula is C26H22F3N7OS. The van der Waals surface area contributed by atoms with Crippen molar-refractivity contribution in [1.29, 1.82) is 5.26 Å². The molecule has 194 valence electrons. The minimum atomic E-state index is -4.67. The van der Waals surface area contributed by atoms with Crippen molar-refractivity contribution in [3.05, 3.63) is 82.2 Å². The van der Waals surface area contributed by atoms with Gasteiger partial charge in [-0.1, -0.05) is 18.2 Å². The van der Waals surface area contributed by atoms with E-state index in [2.05, 4.69) is 25.9 Å². The number of fused-ring (bicyclic) bond motifs is 1. The van der Waals surface area contributed by atoms with E-state index < -0.39 is 17.6 Å². The lowest BCUT2D eigenvalue weighted by atomic mass is 10.1. The van der Waals surface area contributed by atoms with Crippen molar-refractivity contribution in [2.45, 2.75) is 12.7 Å². The number of guanidine groups is 1. The molecule has 0 fully saturated rings. The molecule has 0 saturated heterocycles. The minimum absolute atomic E-state index is 0.0393. The van der Waals surface area contributed by atoms with Gasteiger partial charge in [-0.2, -0.15) is 18.4 Å². The first-order chi connectivity index (χ1) is 18.2. The number of carbonyl (C=O) groups is 1. The molecule has 4 rings (SSSR count). The first-order valence-corrected chi connectivity index (χ1v) is 12.1. The molecule has 2 heterocycles. The van der Waals surface area contributed by atoms with Gasteiger partial charge in [-0.3, -0.25) is 15.1 Å². The quantitative estimate of drug-likeness (QED) is 0.124. The summed E-state index contributed by atoms with van der Waals surface area (Å²) in [5, 5.41) is 19.7. The summed E-state index contributed by atoms with van der Waals surface area (Å²) in [5.41, 5.74) is 1.22. The summed E-state index contributed by atoms with van der Waals surface area (Å²) in [4.78, 5) is 23.3. The third-order valence-electron chi connectivity index (χ3n) is 5.41. The largest absolute Gasteiger partial charge is 0.416 e. The molecule has 0 unspecified atom stereocenters. The molecule has 0 bridgehead atoms. The summed E-state index contributed by atoms with van der Waals surface area (Å²) in [6.07, 6.45) is -1.27. The highest BCUT2D eigenvalue weighted by atomic mass is 32.1. The number of thiophene rings is 1. The summed E-state index contributed by atoms with van der Waals surface area (Å²) < 4.78 is 40.8. The number of nitrogens with one attached hydrogen (secondary N) is 3. The summed E-state index contributed by atoms with van der Waals surface area (Å²) in [7, 11) is 3.17. The van der Waals surface area contributed by atoms with Crippen LogP contribution >= 0.6 is 11.3 Å². The Hall–Kier alpha value is -4.63. The van der Waals surface area contributed by atoms with Gasteiger partial charge in [0, 0.05) is 37.9 Å². The summed E-state index contributed by atoms with van der Waals surface area (Å²) in [6, 6.07) is 14.3. The maximum atomic E-state index is 13.6. The normalized spacial score (nSPS) is 11.6. The number of pyridine rings is 1. The van der Waals surface area contributed by atoms with E-state index in [-0.39, 0.29) is 17.3 Å². The van der Waals surface area contributed by atoms with Crippen molar-refractivity contribution in [3.63, 3.8) is 0 Å². The number of aromatic nitrogens is 1. The highest BCUT2D eigenvalue weighted by molar-refractivity contribution is 7.12. The third kappa shape index (κ3) is 6.19. The number of rotatable bonds is 6. The number of hydrogen-bond acceptors (Lipinski definition) is 6. The SMILES string of the molecule is CN(C)C(=Nc1cc(NC(=O)c2sccc2NCc2ccnc3ccccc23)cc(C(F)(F)F)c1)NC#N. The molecule has 0 saturated carbocycles. The van der Waals surface area contributed by atoms with E-state index in [4.69, 9.17) is 5.26 Å². The van der Waals surface area contributed by atoms with Crippen LogP contribution in [0.3, 0.4) is 0 Å². The van der Waals surface area contributed by atoms with Crippen molar-refractivity contribution < 1.29 is 18.0 Å². The van der Waals surface area contributed by atoms with Crippen LogP contribution in [0, 0.1) is 11.5 Å². The molecule has 8 nitrogen and oxygen atoms in total. The van der Waals surface area contributed by atoms with Gasteiger partial charge in [-0.05, 0) is 47.3 Å². The van der Waals surface area contributed by atoms with E-state index in [9.17, 15) is 18.0 Å². The lowest BCUT2D eigenvalue weighted by Crippen LogP contribution is -2.33. The second-order valence-corrected chi connectivity index (χ2v) is 9.21. The molecule has 1 amide bonds. The molecule has 4 aromatic rings. The average Bonchev–Trinajstić information content (AvgIpc) is 3.35. The van der Waals surface area contributed by atoms with Crippen molar-refractivity contribution in [3.8, 4) is 6.19 Å². The van der Waals surface area contributed by atoms with Gasteiger partial charge >= 0.3 is 6.18 Å². The Morgan fingerprint density at radius 3 is 2.68 bits per heavy atom. The van der Waals surface area contributed by atoms with E-state index in [0.717, 1.165) is 39.9 Å². The number of para-hydroxylation sites is 1. The molecule has 0 spiro atoms. The number of hydrogen-bond donors (Lipinski definition) is 3. The van der Waals surface area contributed by atoms with Crippen LogP contribution in [-0.2, 0) is 12.7 Å². The van der Waals surface area contributed by atoms with E-state index in [1.165, 1.54) is 11.0 Å². The van der Waals surface area contributed by atoms with Crippen LogP contribution in [0.1, 0.15) is 20.8 Å². The van der Waals surface area contributed by atoms with E-state index in [0.29, 0.717) is 17.1 Å². The highest BCUT2D eigenvalue weighted by Gasteiger charge is 2.31. The second-order valence-electron chi connectivity index (χ2n) is 8.29. The maximum absolute atomic E-state index is 13.6. The van der Waals surface area contributed by atoms with Crippen molar-refractivity contribution in [2.75, 3.05) is 24.7 Å². The Labute approximate surface area is 220 Å². The number of alkyl halides is 3. The summed E-state index contributed by atoms with van der Waals surface area (Å²) in [5.74, 6) is -0.531. The highest BCUT2D eigenvalue weighted by Crippen LogP contribution is 2.35. The molecule has 3 N–H and O–H groups in total. The number of aliphatic imine (C=N–C) groups is 1. The third-order valence-corrected chi connectivity index (χ3v) is 6.32. The first-order valence-electron chi connectivity index (χ1n) is 11.2. The number of nitrogens with zero attached hydrogens (tertiary/aromatic N) is 4. The van der Waals surface area contributed by atoms with Crippen LogP contribution in [0.4, 0.5) is 30.2 Å². The fourth-order valence-electron chi connectivity index (χ4n) is 3.64. The van der Waals surface area contributed by atoms with Crippen molar-refractivity contribution in [1.82, 2.24) is 15.2 Å². The number of amides is 1. The van der Waals surface area contributed by atoms with Gasteiger partial charge in [0.25, 0.3) is 5.91 Å². The van der Waals surface area contributed by atoms with Gasteiger partial charge in [0.2, 0.25) is 5.96 Å². The molecule has 0 atom stereocenters. The van der Waals surface area contributed by atoms with Crippen LogP contribution in [-0.4, -0.2) is 35.8 Å². The van der Waals surface area contributed by atoms with Gasteiger partial charge in [0.1, 0.15) is 4.88 Å². The van der Waals surface area contributed by atoms with Gasteiger partial charge < -0.3 is 15.5 Å². The fourth-order valence-corrected chi connectivity index (χ4v) is 4.40. The minimum Gasteiger partial charge on any atom is -0.380 e. The maximum Gasteiger partial charge on any atom is 0.416 e. The van der Waals surface area contributed by atoms with Crippen molar-refractivity contribution in [2.24, 2.45) is 4.99 Å². The second kappa shape index (κ2) is 11.2. The smallest absolute Gasteiger partial charge is 0.380 e. The molecule has 12 heteroatoms. The molecule has 0 radical (unpaired) electrons. The Bertz CT molecular complexity index is 1530. The summed E-state index contributed by atoms with van der Waals surface area (Å²) >= 11 is 1.16. The molecule has 0 aliphatic carbocycles. The Morgan fingerprint density at radius 2 is 1.95 bits per heavy atom. The number of halogens is 3. The van der Waals surface area contributed by atoms with Crippen LogP contribution in [0.25, 0.3) is 10.9 Å². The topological polar surface area (TPSA) is 105 Å². The first kappa shape index (κ1) is 26.4. The number of carbonyl (C=O) groups excluding carboxylic acids is 1. The zero-order valence-corrected chi connectivity index (χ0v) is 21.1. The molecule has 0 aliphatic rings. The fraction of sp³-hybridized carbons (Fsp3) is 0.154. The van der Waals surface area contributed by atoms with E-state index in [1.807, 2.05) is 30.3 Å². The van der Waals surface area contributed by atoms with E-state index in [1.54, 1.807) is 37.9 Å². The molecule has 2 aromatic heterocycles. The molecular weight excluding hydrogens is 515 g/mol. The zero-order valence-electron chi connectivity index (χ0n) is 20.3. The predicted octanol–water partition coefficient (Wildman–Crippen LogP) is 5.80. The number of nitriles is 1. The van der Waals surface area contributed by atoms with Crippen LogP contribution in [0.5, 0.6) is 0 Å². The monoisotopic (exact) mass is 537 g/mol. The Kier molecular flexibility index (Phi) is 7.78. The molecule has 38 heavy (non-hydrogen) atoms. The van der Waals surface area contributed by atoms with Gasteiger partial charge in [0.15, 0.2) is 6.19 Å². The zero-order chi connectivity index (χ0) is 27.3. The molecule has 2 aromatic carbocycles. The van der Waals surface area contributed by atoms with Crippen LogP contribution in [0.15, 0.2) is 71.2 Å². The average molecular weight is 538 g/mol. The summed E-state index contributed by atoms with van der Waals surface area (Å²) in [6.45, 7) is 0.418. The number of benzene rings is 2. The predicted molar refractivity (Wildman–Crippen MR) is 142 cm³/mol. The van der Waals surface area contributed by atoms with Crippen molar-refractivity contribution >= 4 is 51.2 Å². The lowest BCUT2D eigenvalue weighted by molar-refractivity contribution is -0.137. The Morgan fingerprint density at radius 1 is 1.16 bits per heavy atom. The van der Waals surface area contributed by atoms with Crippen LogP contribution in [0.2, 0.25) is 0 Å². The lowest BCUT2D eigenvalue weighted by Gasteiger charge is -2.15. The standard InChI is InChI=1S/C26H22F3N7OS/c1-36(2)25(33-15-30)35-19-12-17(26(27,28)29)11-18(13-19)34-24(37)23-22(8-10-38-23)32-14-16-7-9-31-21-6-4-3-5-20(16)21/h3-13,32H,14H2,1-2H3,(H,33,35)(H,34,37). The van der Waals surface area contributed by atoms with Crippen LogP contribution < -0.4 is 16.0 Å². The molecule has 0 aliphatic heterocycles. The number of anilines is 2. The van der Waals surface area contributed by atoms with Gasteiger partial charge in [-0.15, -0.1) is 11.3 Å².